The molecule has 0 heterocycles. The van der Waals surface area contributed by atoms with Crippen LogP contribution in [0.1, 0.15) is 36.1 Å². The number of phenols is 2. The van der Waals surface area contributed by atoms with Crippen LogP contribution in [0.3, 0.4) is 0 Å². The molecule has 0 bridgehead atoms. The molecule has 4 heteroatoms. The molecule has 0 spiro atoms. The summed E-state index contributed by atoms with van der Waals surface area (Å²) in [6, 6.07) is 18.6. The van der Waals surface area contributed by atoms with Gasteiger partial charge >= 0.3 is 0 Å². The molecule has 4 nitrogen and oxygen atoms in total. The van der Waals surface area contributed by atoms with E-state index in [4.69, 9.17) is 0 Å². The third-order valence-corrected chi connectivity index (χ3v) is 4.54. The number of aryl methyl sites for hydroxylation is 2. The van der Waals surface area contributed by atoms with E-state index in [2.05, 4.69) is 9.98 Å². The Morgan fingerprint density at radius 1 is 0.643 bits per heavy atom. The summed E-state index contributed by atoms with van der Waals surface area (Å²) in [5.41, 5.74) is 6.56. The highest BCUT2D eigenvalue weighted by Crippen LogP contribution is 2.30. The first-order chi connectivity index (χ1) is 13.3. The number of phenolic OH excluding ortho intramolecular Hbond substituents is 2. The standard InChI is InChI=1S/C24H24N2O2/c1-15-9-11-23(27)21(13-15)25-17(3)19-7-5-6-8-20(19)18(4)26-22-14-16(2)10-12-24(22)28/h5-14,27-28H,1-4H3. The molecular formula is C24H24N2O2. The zero-order chi connectivity index (χ0) is 20.3. The topological polar surface area (TPSA) is 65.2 Å². The molecule has 0 amide bonds. The SMILES string of the molecule is CC(=Nc1cc(C)ccc1O)c1ccccc1C(C)=Nc1cc(C)ccc1O. The monoisotopic (exact) mass is 372 g/mol. The summed E-state index contributed by atoms with van der Waals surface area (Å²) in [7, 11) is 0. The summed E-state index contributed by atoms with van der Waals surface area (Å²) in [5, 5.41) is 20.2. The number of hydrogen-bond donors (Lipinski definition) is 2. The van der Waals surface area contributed by atoms with Crippen LogP contribution in [0.25, 0.3) is 0 Å². The van der Waals surface area contributed by atoms with E-state index in [0.717, 1.165) is 33.7 Å². The zero-order valence-electron chi connectivity index (χ0n) is 16.6. The van der Waals surface area contributed by atoms with Gasteiger partial charge in [-0.2, -0.15) is 0 Å². The van der Waals surface area contributed by atoms with E-state index >= 15 is 0 Å². The molecule has 2 N–H and O–H groups in total. The fraction of sp³-hybridized carbons (Fsp3) is 0.167. The lowest BCUT2D eigenvalue weighted by Gasteiger charge is -2.11. The Kier molecular flexibility index (Phi) is 5.59. The molecular weight excluding hydrogens is 348 g/mol. The molecule has 0 aromatic heterocycles. The molecule has 3 rings (SSSR count). The van der Waals surface area contributed by atoms with Gasteiger partial charge in [-0.15, -0.1) is 0 Å². The van der Waals surface area contributed by atoms with Crippen LogP contribution < -0.4 is 0 Å². The Morgan fingerprint density at radius 3 is 1.43 bits per heavy atom. The van der Waals surface area contributed by atoms with E-state index in [1.807, 2.05) is 76.2 Å². The molecule has 0 aliphatic rings. The Labute approximate surface area is 165 Å². The third-order valence-electron chi connectivity index (χ3n) is 4.54. The molecule has 0 saturated heterocycles. The molecule has 0 atom stereocenters. The molecule has 0 aliphatic heterocycles. The lowest BCUT2D eigenvalue weighted by molar-refractivity contribution is 0.476. The van der Waals surface area contributed by atoms with Gasteiger partial charge in [0.2, 0.25) is 0 Å². The Morgan fingerprint density at radius 2 is 1.04 bits per heavy atom. The molecule has 0 radical (unpaired) electrons. The maximum Gasteiger partial charge on any atom is 0.141 e. The highest BCUT2D eigenvalue weighted by atomic mass is 16.3. The van der Waals surface area contributed by atoms with E-state index < -0.39 is 0 Å². The summed E-state index contributed by atoms with van der Waals surface area (Å²) >= 11 is 0. The van der Waals surface area contributed by atoms with E-state index in [1.54, 1.807) is 12.1 Å². The average Bonchev–Trinajstić information content (AvgIpc) is 2.67. The minimum absolute atomic E-state index is 0.150. The van der Waals surface area contributed by atoms with Crippen LogP contribution in [0.4, 0.5) is 11.4 Å². The molecule has 0 fully saturated rings. The summed E-state index contributed by atoms with van der Waals surface area (Å²) < 4.78 is 0. The van der Waals surface area contributed by atoms with Crippen LogP contribution in [0.2, 0.25) is 0 Å². The van der Waals surface area contributed by atoms with Crippen molar-refractivity contribution in [3.8, 4) is 11.5 Å². The van der Waals surface area contributed by atoms with Crippen LogP contribution in [-0.2, 0) is 0 Å². The molecule has 0 saturated carbocycles. The number of rotatable bonds is 4. The van der Waals surface area contributed by atoms with Gasteiger partial charge in [0, 0.05) is 22.6 Å². The lowest BCUT2D eigenvalue weighted by atomic mass is 10.00. The third kappa shape index (κ3) is 4.29. The van der Waals surface area contributed by atoms with E-state index in [0.29, 0.717) is 11.4 Å². The second kappa shape index (κ2) is 8.09. The Bertz CT molecular complexity index is 995. The van der Waals surface area contributed by atoms with E-state index in [-0.39, 0.29) is 11.5 Å². The van der Waals surface area contributed by atoms with Crippen LogP contribution in [-0.4, -0.2) is 21.6 Å². The number of aromatic hydroxyl groups is 2. The summed E-state index contributed by atoms with van der Waals surface area (Å²) in [6.07, 6.45) is 0. The first kappa shape index (κ1) is 19.4. The van der Waals surface area contributed by atoms with Gasteiger partial charge in [0.15, 0.2) is 0 Å². The fourth-order valence-electron chi connectivity index (χ4n) is 3.04. The first-order valence-electron chi connectivity index (χ1n) is 9.15. The maximum absolute atomic E-state index is 10.1. The summed E-state index contributed by atoms with van der Waals surface area (Å²) in [4.78, 5) is 9.27. The highest BCUT2D eigenvalue weighted by molar-refractivity contribution is 6.12. The molecule has 0 unspecified atom stereocenters. The normalized spacial score (nSPS) is 12.3. The second-order valence-corrected chi connectivity index (χ2v) is 6.92. The minimum Gasteiger partial charge on any atom is -0.506 e. The van der Waals surface area contributed by atoms with Crippen molar-refractivity contribution in [2.45, 2.75) is 27.7 Å². The van der Waals surface area contributed by atoms with Gasteiger partial charge in [0.1, 0.15) is 22.9 Å². The summed E-state index contributed by atoms with van der Waals surface area (Å²) in [6.45, 7) is 7.76. The number of benzene rings is 3. The van der Waals surface area contributed by atoms with Crippen molar-refractivity contribution in [1.29, 1.82) is 0 Å². The molecule has 0 aliphatic carbocycles. The number of aliphatic imine (C=N–C) groups is 2. The van der Waals surface area contributed by atoms with Gasteiger partial charge in [-0.1, -0.05) is 36.4 Å². The number of nitrogens with zero attached hydrogens (tertiary/aromatic N) is 2. The lowest BCUT2D eigenvalue weighted by Crippen LogP contribution is -2.05. The molecule has 28 heavy (non-hydrogen) atoms. The fourth-order valence-corrected chi connectivity index (χ4v) is 3.04. The van der Waals surface area contributed by atoms with Gasteiger partial charge in [0.05, 0.1) is 0 Å². The van der Waals surface area contributed by atoms with E-state index in [9.17, 15) is 10.2 Å². The zero-order valence-corrected chi connectivity index (χ0v) is 16.6. The van der Waals surface area contributed by atoms with Gasteiger partial charge in [-0.25, -0.2) is 9.98 Å². The van der Waals surface area contributed by atoms with E-state index in [1.165, 1.54) is 0 Å². The van der Waals surface area contributed by atoms with Crippen molar-refractivity contribution in [2.24, 2.45) is 9.98 Å². The second-order valence-electron chi connectivity index (χ2n) is 6.92. The molecule has 142 valence electrons. The van der Waals surface area contributed by atoms with Gasteiger partial charge in [-0.3, -0.25) is 0 Å². The Balaban J connectivity index is 2.05. The van der Waals surface area contributed by atoms with Gasteiger partial charge < -0.3 is 10.2 Å². The predicted molar refractivity (Wildman–Crippen MR) is 116 cm³/mol. The van der Waals surface area contributed by atoms with Crippen LogP contribution >= 0.6 is 0 Å². The smallest absolute Gasteiger partial charge is 0.141 e. The van der Waals surface area contributed by atoms with Gasteiger partial charge in [0.25, 0.3) is 0 Å². The summed E-state index contributed by atoms with van der Waals surface area (Å²) in [5.74, 6) is 0.301. The minimum atomic E-state index is 0.150. The van der Waals surface area contributed by atoms with Crippen molar-refractivity contribution in [3.05, 3.63) is 82.9 Å². The highest BCUT2D eigenvalue weighted by Gasteiger charge is 2.10. The van der Waals surface area contributed by atoms with Crippen LogP contribution in [0.5, 0.6) is 11.5 Å². The van der Waals surface area contributed by atoms with Crippen LogP contribution in [0, 0.1) is 13.8 Å². The Hall–Kier alpha value is -3.40. The average molecular weight is 372 g/mol. The van der Waals surface area contributed by atoms with Crippen molar-refractivity contribution in [3.63, 3.8) is 0 Å². The number of hydrogen-bond acceptors (Lipinski definition) is 4. The molecule has 3 aromatic carbocycles. The van der Waals surface area contributed by atoms with Crippen molar-refractivity contribution >= 4 is 22.8 Å². The predicted octanol–water partition coefficient (Wildman–Crippen LogP) is 6.00. The molecule has 3 aromatic rings. The van der Waals surface area contributed by atoms with Crippen molar-refractivity contribution in [2.75, 3.05) is 0 Å². The maximum atomic E-state index is 10.1. The van der Waals surface area contributed by atoms with Crippen molar-refractivity contribution in [1.82, 2.24) is 0 Å². The van der Waals surface area contributed by atoms with Crippen LogP contribution in [0.15, 0.2) is 70.6 Å². The first-order valence-corrected chi connectivity index (χ1v) is 9.15. The van der Waals surface area contributed by atoms with Crippen molar-refractivity contribution < 1.29 is 10.2 Å². The quantitative estimate of drug-likeness (QED) is 0.552. The largest absolute Gasteiger partial charge is 0.506 e. The van der Waals surface area contributed by atoms with Gasteiger partial charge in [-0.05, 0) is 63.1 Å².